The molecule has 1 aliphatic heterocycles. The quantitative estimate of drug-likeness (QED) is 0.753. The van der Waals surface area contributed by atoms with Crippen molar-refractivity contribution in [1.29, 1.82) is 0 Å². The first-order valence-corrected chi connectivity index (χ1v) is 10.8. The van der Waals surface area contributed by atoms with Crippen molar-refractivity contribution in [2.24, 2.45) is 5.92 Å². The van der Waals surface area contributed by atoms with Gasteiger partial charge in [0.25, 0.3) is 0 Å². The molecule has 2 heterocycles. The minimum atomic E-state index is -0.311. The average Bonchev–Trinajstić information content (AvgIpc) is 3.24. The van der Waals surface area contributed by atoms with Gasteiger partial charge in [0.1, 0.15) is 5.82 Å². The van der Waals surface area contributed by atoms with E-state index in [1.54, 1.807) is 28.4 Å². The van der Waals surface area contributed by atoms with Crippen molar-refractivity contribution < 1.29 is 14.0 Å². The van der Waals surface area contributed by atoms with Gasteiger partial charge in [0, 0.05) is 24.5 Å². The topological polar surface area (TPSA) is 52.7 Å². The monoisotopic (exact) mass is 417 g/mol. The van der Waals surface area contributed by atoms with E-state index < -0.39 is 0 Å². The molecule has 0 spiro atoms. The van der Waals surface area contributed by atoms with Crippen molar-refractivity contribution in [1.82, 2.24) is 15.1 Å². The third-order valence-electron chi connectivity index (χ3n) is 5.38. The number of carbonyl (C=O) groups excluding carboxylic acids is 2. The van der Waals surface area contributed by atoms with E-state index >= 15 is 0 Å². The minimum absolute atomic E-state index is 0.00712. The van der Waals surface area contributed by atoms with Crippen LogP contribution in [0.5, 0.6) is 0 Å². The molecule has 1 saturated heterocycles. The molecule has 1 N–H and O–H groups in total. The van der Waals surface area contributed by atoms with E-state index in [-0.39, 0.29) is 36.0 Å². The molecule has 1 aromatic carbocycles. The number of nitrogens with one attached hydrogen (secondary N) is 1. The van der Waals surface area contributed by atoms with Gasteiger partial charge < -0.3 is 15.1 Å². The molecular weight excluding hydrogens is 389 g/mol. The van der Waals surface area contributed by atoms with Gasteiger partial charge in [-0.1, -0.05) is 18.2 Å². The molecule has 29 heavy (non-hydrogen) atoms. The van der Waals surface area contributed by atoms with Crippen molar-refractivity contribution in [3.8, 4) is 0 Å². The number of thiophene rings is 1. The number of rotatable bonds is 7. The maximum atomic E-state index is 13.0. The van der Waals surface area contributed by atoms with Crippen LogP contribution in [0.4, 0.5) is 4.39 Å². The fourth-order valence-corrected chi connectivity index (χ4v) is 4.59. The van der Waals surface area contributed by atoms with Crippen molar-refractivity contribution in [2.45, 2.75) is 25.3 Å². The van der Waals surface area contributed by atoms with E-state index in [9.17, 15) is 14.0 Å². The van der Waals surface area contributed by atoms with Crippen molar-refractivity contribution in [3.05, 3.63) is 58.0 Å². The molecule has 3 rings (SSSR count). The maximum absolute atomic E-state index is 13.0. The predicted octanol–water partition coefficient (Wildman–Crippen LogP) is 3.09. The molecule has 2 amide bonds. The van der Waals surface area contributed by atoms with E-state index in [0.717, 1.165) is 18.4 Å². The molecular formula is C22H28FN3O2S. The molecule has 1 aliphatic rings. The summed E-state index contributed by atoms with van der Waals surface area (Å²) in [7, 11) is 4.01. The van der Waals surface area contributed by atoms with Crippen molar-refractivity contribution in [3.63, 3.8) is 0 Å². The number of carbonyl (C=O) groups is 2. The highest BCUT2D eigenvalue weighted by Gasteiger charge is 2.29. The van der Waals surface area contributed by atoms with Crippen LogP contribution in [0, 0.1) is 11.7 Å². The van der Waals surface area contributed by atoms with Gasteiger partial charge in [-0.15, -0.1) is 11.3 Å². The van der Waals surface area contributed by atoms with Gasteiger partial charge in [0.15, 0.2) is 0 Å². The first kappa shape index (κ1) is 21.5. The summed E-state index contributed by atoms with van der Waals surface area (Å²) in [6.07, 6.45) is 1.84. The second kappa shape index (κ2) is 9.98. The Labute approximate surface area is 175 Å². The molecule has 1 fully saturated rings. The Morgan fingerprint density at radius 2 is 2.03 bits per heavy atom. The van der Waals surface area contributed by atoms with Gasteiger partial charge >= 0.3 is 0 Å². The van der Waals surface area contributed by atoms with Gasteiger partial charge in [-0.25, -0.2) is 4.39 Å². The Morgan fingerprint density at radius 3 is 2.69 bits per heavy atom. The Hall–Kier alpha value is -2.25. The van der Waals surface area contributed by atoms with E-state index in [1.165, 1.54) is 17.0 Å². The highest BCUT2D eigenvalue weighted by atomic mass is 32.1. The largest absolute Gasteiger partial charge is 0.354 e. The molecule has 156 valence electrons. The third-order valence-corrected chi connectivity index (χ3v) is 6.35. The maximum Gasteiger partial charge on any atom is 0.227 e. The number of benzene rings is 1. The van der Waals surface area contributed by atoms with Crippen LogP contribution in [0.15, 0.2) is 41.8 Å². The smallest absolute Gasteiger partial charge is 0.227 e. The predicted molar refractivity (Wildman–Crippen MR) is 113 cm³/mol. The van der Waals surface area contributed by atoms with E-state index in [4.69, 9.17) is 0 Å². The zero-order valence-corrected chi connectivity index (χ0v) is 17.8. The van der Waals surface area contributed by atoms with Crippen LogP contribution in [0.2, 0.25) is 0 Å². The van der Waals surface area contributed by atoms with Crippen LogP contribution < -0.4 is 5.32 Å². The highest BCUT2D eigenvalue weighted by Crippen LogP contribution is 2.23. The molecule has 0 unspecified atom stereocenters. The molecule has 0 radical (unpaired) electrons. The fourth-order valence-electron chi connectivity index (χ4n) is 3.67. The van der Waals surface area contributed by atoms with Gasteiger partial charge in [-0.05, 0) is 56.1 Å². The van der Waals surface area contributed by atoms with Crippen LogP contribution in [0.1, 0.15) is 29.3 Å². The first-order chi connectivity index (χ1) is 13.9. The number of hydrogen-bond acceptors (Lipinski definition) is 4. The molecule has 2 atom stereocenters. The van der Waals surface area contributed by atoms with E-state index in [1.807, 2.05) is 25.5 Å². The van der Waals surface area contributed by atoms with Gasteiger partial charge in [-0.3, -0.25) is 9.59 Å². The molecule has 5 nitrogen and oxygen atoms in total. The lowest BCUT2D eigenvalue weighted by molar-refractivity contribution is -0.135. The lowest BCUT2D eigenvalue weighted by Crippen LogP contribution is -2.47. The Balaban J connectivity index is 1.53. The summed E-state index contributed by atoms with van der Waals surface area (Å²) in [6, 6.07) is 10.2. The summed E-state index contributed by atoms with van der Waals surface area (Å²) >= 11 is 1.68. The fraction of sp³-hybridized carbons (Fsp3) is 0.455. The number of likely N-dealkylation sites (tertiary alicyclic amines) is 1. The van der Waals surface area contributed by atoms with E-state index in [2.05, 4.69) is 16.3 Å². The molecule has 7 heteroatoms. The standard InChI is InChI=1S/C22H28FN3O2S/c1-25(2)19(20-6-4-12-29-20)14-24-22(28)17-5-3-11-26(15-17)21(27)13-16-7-9-18(23)10-8-16/h4,6-10,12,17,19H,3,5,11,13-15H2,1-2H3,(H,24,28)/t17-,19-/m0/s1. The van der Waals surface area contributed by atoms with Crippen LogP contribution in [-0.2, 0) is 16.0 Å². The molecule has 0 bridgehead atoms. The average molecular weight is 418 g/mol. The second-order valence-corrected chi connectivity index (χ2v) is 8.70. The SMILES string of the molecule is CN(C)[C@@H](CNC(=O)[C@H]1CCCN(C(=O)Cc2ccc(F)cc2)C1)c1cccs1. The van der Waals surface area contributed by atoms with Crippen LogP contribution >= 0.6 is 11.3 Å². The van der Waals surface area contributed by atoms with E-state index in [0.29, 0.717) is 19.6 Å². The van der Waals surface area contributed by atoms with Gasteiger partial charge in [0.05, 0.1) is 18.4 Å². The Bertz CT molecular complexity index is 808. The summed E-state index contributed by atoms with van der Waals surface area (Å²) in [5, 5.41) is 5.12. The lowest BCUT2D eigenvalue weighted by atomic mass is 9.96. The minimum Gasteiger partial charge on any atom is -0.354 e. The summed E-state index contributed by atoms with van der Waals surface area (Å²) < 4.78 is 13.0. The third kappa shape index (κ3) is 5.87. The molecule has 0 saturated carbocycles. The zero-order chi connectivity index (χ0) is 20.8. The van der Waals surface area contributed by atoms with Crippen LogP contribution in [0.3, 0.4) is 0 Å². The van der Waals surface area contributed by atoms with Crippen molar-refractivity contribution in [2.75, 3.05) is 33.7 Å². The Morgan fingerprint density at radius 1 is 1.28 bits per heavy atom. The van der Waals surface area contributed by atoms with Crippen molar-refractivity contribution >= 4 is 23.2 Å². The summed E-state index contributed by atoms with van der Waals surface area (Å²) in [5.41, 5.74) is 0.785. The molecule has 2 aromatic rings. The van der Waals surface area contributed by atoms with Crippen LogP contribution in [0.25, 0.3) is 0 Å². The number of nitrogens with zero attached hydrogens (tertiary/aromatic N) is 2. The number of piperidine rings is 1. The van der Waals surface area contributed by atoms with Gasteiger partial charge in [-0.2, -0.15) is 0 Å². The summed E-state index contributed by atoms with van der Waals surface area (Å²) in [5.74, 6) is -0.506. The number of halogens is 1. The Kier molecular flexibility index (Phi) is 7.39. The number of likely N-dealkylation sites (N-methyl/N-ethyl adjacent to an activating group) is 1. The van der Waals surface area contributed by atoms with Gasteiger partial charge in [0.2, 0.25) is 11.8 Å². The number of amides is 2. The first-order valence-electron chi connectivity index (χ1n) is 9.94. The summed E-state index contributed by atoms with van der Waals surface area (Å²) in [6.45, 7) is 1.66. The molecule has 0 aliphatic carbocycles. The highest BCUT2D eigenvalue weighted by molar-refractivity contribution is 7.10. The number of hydrogen-bond donors (Lipinski definition) is 1. The molecule has 1 aromatic heterocycles. The summed E-state index contributed by atoms with van der Waals surface area (Å²) in [4.78, 5) is 30.5. The zero-order valence-electron chi connectivity index (χ0n) is 16.9. The second-order valence-electron chi connectivity index (χ2n) is 7.72. The lowest BCUT2D eigenvalue weighted by Gasteiger charge is -2.33. The van der Waals surface area contributed by atoms with Crippen LogP contribution in [-0.4, -0.2) is 55.3 Å². The normalized spacial score (nSPS) is 17.9.